The quantitative estimate of drug-likeness (QED) is 0.169. The number of hydrogen-bond acceptors (Lipinski definition) is 8. The maximum atomic E-state index is 12.1. The lowest BCUT2D eigenvalue weighted by Crippen LogP contribution is -2.13. The summed E-state index contributed by atoms with van der Waals surface area (Å²) in [5.74, 6) is -2.66. The molecule has 0 saturated heterocycles. The van der Waals surface area contributed by atoms with Crippen LogP contribution in [0.25, 0.3) is 12.2 Å². The van der Waals surface area contributed by atoms with Crippen molar-refractivity contribution in [2.24, 2.45) is 0 Å². The zero-order chi connectivity index (χ0) is 28.6. The number of ether oxygens (including phenoxy) is 4. The first-order valence-corrected chi connectivity index (χ1v) is 11.3. The van der Waals surface area contributed by atoms with Crippen LogP contribution < -0.4 is 18.9 Å². The first-order valence-electron chi connectivity index (χ1n) is 11.3. The molecule has 2 rings (SSSR count). The lowest BCUT2D eigenvalue weighted by atomic mass is 10.1. The molecule has 0 aliphatic carbocycles. The number of benzene rings is 2. The minimum absolute atomic E-state index is 0.00730. The Bertz CT molecular complexity index is 1290. The zero-order valence-electron chi connectivity index (χ0n) is 21.7. The Kier molecular flexibility index (Phi) is 9.87. The number of rotatable bonds is 10. The molecule has 2 aromatic rings. The lowest BCUT2D eigenvalue weighted by Gasteiger charge is -2.12. The fourth-order valence-electron chi connectivity index (χ4n) is 2.53. The predicted molar refractivity (Wildman–Crippen MR) is 144 cm³/mol. The van der Waals surface area contributed by atoms with E-state index in [2.05, 4.69) is 26.3 Å². The molecule has 0 aliphatic heterocycles. The Hall–Kier alpha value is -4.98. The molecule has 0 N–H and O–H groups in total. The third kappa shape index (κ3) is 8.30. The van der Waals surface area contributed by atoms with Crippen molar-refractivity contribution >= 4 is 36.0 Å². The third-order valence-corrected chi connectivity index (χ3v) is 4.61. The van der Waals surface area contributed by atoms with Gasteiger partial charge in [0.1, 0.15) is 0 Å². The van der Waals surface area contributed by atoms with Crippen LogP contribution in [-0.4, -0.2) is 23.9 Å². The van der Waals surface area contributed by atoms with Crippen LogP contribution >= 0.6 is 0 Å². The second-order valence-corrected chi connectivity index (χ2v) is 8.43. The Morgan fingerprint density at radius 3 is 1.03 bits per heavy atom. The van der Waals surface area contributed by atoms with E-state index in [0.29, 0.717) is 11.1 Å². The van der Waals surface area contributed by atoms with Crippen LogP contribution in [0.5, 0.6) is 23.0 Å². The molecule has 0 amide bonds. The van der Waals surface area contributed by atoms with E-state index in [-0.39, 0.29) is 45.3 Å². The minimum atomic E-state index is -0.692. The molecule has 8 nitrogen and oxygen atoms in total. The molecule has 38 heavy (non-hydrogen) atoms. The van der Waals surface area contributed by atoms with Crippen molar-refractivity contribution in [3.63, 3.8) is 0 Å². The van der Waals surface area contributed by atoms with E-state index in [1.165, 1.54) is 52.0 Å². The molecule has 8 heteroatoms. The molecule has 0 spiro atoms. The van der Waals surface area contributed by atoms with Crippen LogP contribution in [0.15, 0.2) is 85.0 Å². The van der Waals surface area contributed by atoms with Crippen LogP contribution in [0, 0.1) is 0 Å². The highest BCUT2D eigenvalue weighted by Gasteiger charge is 2.17. The van der Waals surface area contributed by atoms with Gasteiger partial charge in [0, 0.05) is 22.3 Å². The standard InChI is InChI=1S/C30H28O8/c1-17(2)27(31)35-23-13-11-21(15-25(23)37-29(33)19(5)6)9-10-22-12-14-24(36-28(32)18(3)4)26(16-22)38-30(34)20(7)8/h9-16H,1,3,5,7H2,2,4,6,8H3. The third-order valence-electron chi connectivity index (χ3n) is 4.61. The monoisotopic (exact) mass is 516 g/mol. The summed E-state index contributed by atoms with van der Waals surface area (Å²) in [6.45, 7) is 20.1. The molecule has 0 atom stereocenters. The molecular weight excluding hydrogens is 488 g/mol. The van der Waals surface area contributed by atoms with Crippen molar-refractivity contribution in [1.82, 2.24) is 0 Å². The fourth-order valence-corrected chi connectivity index (χ4v) is 2.53. The van der Waals surface area contributed by atoms with Crippen LogP contribution in [0.2, 0.25) is 0 Å². The van der Waals surface area contributed by atoms with Gasteiger partial charge in [-0.3, -0.25) is 0 Å². The highest BCUT2D eigenvalue weighted by atomic mass is 16.6. The molecule has 196 valence electrons. The summed E-state index contributed by atoms with van der Waals surface area (Å²) < 4.78 is 21.2. The van der Waals surface area contributed by atoms with Gasteiger partial charge in [-0.25, -0.2) is 19.2 Å². The largest absolute Gasteiger partial charge is 0.419 e. The van der Waals surface area contributed by atoms with E-state index >= 15 is 0 Å². The molecule has 0 saturated carbocycles. The second-order valence-electron chi connectivity index (χ2n) is 8.43. The van der Waals surface area contributed by atoms with Gasteiger partial charge < -0.3 is 18.9 Å². The molecular formula is C30H28O8. The molecule has 0 radical (unpaired) electrons. The van der Waals surface area contributed by atoms with Gasteiger partial charge in [-0.05, 0) is 63.1 Å². The summed E-state index contributed by atoms with van der Waals surface area (Å²) in [7, 11) is 0. The van der Waals surface area contributed by atoms with Crippen molar-refractivity contribution < 1.29 is 38.1 Å². The number of carbonyl (C=O) groups excluding carboxylic acids is 4. The van der Waals surface area contributed by atoms with Gasteiger partial charge in [-0.2, -0.15) is 0 Å². The smallest absolute Gasteiger partial charge is 0.338 e. The van der Waals surface area contributed by atoms with Gasteiger partial charge in [0.15, 0.2) is 23.0 Å². The maximum absolute atomic E-state index is 12.1. The minimum Gasteiger partial charge on any atom is -0.419 e. The molecule has 0 bridgehead atoms. The van der Waals surface area contributed by atoms with E-state index in [4.69, 9.17) is 18.9 Å². The van der Waals surface area contributed by atoms with E-state index in [1.807, 2.05) is 0 Å². The lowest BCUT2D eigenvalue weighted by molar-refractivity contribution is -0.132. The average Bonchev–Trinajstić information content (AvgIpc) is 2.84. The zero-order valence-corrected chi connectivity index (χ0v) is 21.7. The Balaban J connectivity index is 2.43. The van der Waals surface area contributed by atoms with Gasteiger partial charge >= 0.3 is 23.9 Å². The summed E-state index contributed by atoms with van der Waals surface area (Å²) in [6.07, 6.45) is 3.36. The van der Waals surface area contributed by atoms with Crippen molar-refractivity contribution in [2.75, 3.05) is 0 Å². The summed E-state index contributed by atoms with van der Waals surface area (Å²) >= 11 is 0. The average molecular weight is 517 g/mol. The van der Waals surface area contributed by atoms with Crippen molar-refractivity contribution in [3.8, 4) is 23.0 Å². The number of carbonyl (C=O) groups is 4. The SMILES string of the molecule is C=C(C)C(=O)Oc1ccc(C=Cc2ccc(OC(=O)C(=C)C)c(OC(=O)C(=C)C)c2)cc1OC(=O)C(=C)C. The Morgan fingerprint density at radius 1 is 0.500 bits per heavy atom. The van der Waals surface area contributed by atoms with Gasteiger partial charge in [0.05, 0.1) is 0 Å². The normalized spacial score (nSPS) is 10.3. The van der Waals surface area contributed by atoms with Gasteiger partial charge in [0.2, 0.25) is 0 Å². The first-order chi connectivity index (χ1) is 17.8. The molecule has 0 aromatic heterocycles. The molecule has 2 aromatic carbocycles. The Morgan fingerprint density at radius 2 is 0.763 bits per heavy atom. The highest BCUT2D eigenvalue weighted by Crippen LogP contribution is 2.32. The van der Waals surface area contributed by atoms with E-state index < -0.39 is 23.9 Å². The van der Waals surface area contributed by atoms with E-state index in [1.54, 1.807) is 24.3 Å². The maximum Gasteiger partial charge on any atom is 0.338 e. The van der Waals surface area contributed by atoms with E-state index in [9.17, 15) is 19.2 Å². The second kappa shape index (κ2) is 12.8. The molecule has 0 aliphatic rings. The summed E-state index contributed by atoms with van der Waals surface area (Å²) in [4.78, 5) is 48.2. The van der Waals surface area contributed by atoms with E-state index in [0.717, 1.165) is 0 Å². The van der Waals surface area contributed by atoms with Crippen LogP contribution in [0.3, 0.4) is 0 Å². The molecule has 0 unspecified atom stereocenters. The van der Waals surface area contributed by atoms with Crippen LogP contribution in [0.4, 0.5) is 0 Å². The highest BCUT2D eigenvalue weighted by molar-refractivity contribution is 5.92. The van der Waals surface area contributed by atoms with Gasteiger partial charge in [0.25, 0.3) is 0 Å². The van der Waals surface area contributed by atoms with Crippen molar-refractivity contribution in [2.45, 2.75) is 27.7 Å². The van der Waals surface area contributed by atoms with Gasteiger partial charge in [-0.1, -0.05) is 50.6 Å². The fraction of sp³-hybridized carbons (Fsp3) is 0.133. The van der Waals surface area contributed by atoms with Crippen molar-refractivity contribution in [3.05, 3.63) is 96.1 Å². The summed E-state index contributed by atoms with van der Waals surface area (Å²) in [6, 6.07) is 9.23. The Labute approximate surface area is 221 Å². The van der Waals surface area contributed by atoms with Crippen molar-refractivity contribution in [1.29, 1.82) is 0 Å². The summed E-state index contributed by atoms with van der Waals surface area (Å²) in [5, 5.41) is 0. The molecule has 0 heterocycles. The molecule has 0 fully saturated rings. The first kappa shape index (κ1) is 29.3. The van der Waals surface area contributed by atoms with Crippen LogP contribution in [-0.2, 0) is 19.2 Å². The number of hydrogen-bond donors (Lipinski definition) is 0. The van der Waals surface area contributed by atoms with Gasteiger partial charge in [-0.15, -0.1) is 0 Å². The predicted octanol–water partition coefficient (Wildman–Crippen LogP) is 5.78. The number of esters is 4. The van der Waals surface area contributed by atoms with Crippen LogP contribution in [0.1, 0.15) is 38.8 Å². The summed E-state index contributed by atoms with van der Waals surface area (Å²) in [5.41, 5.74) is 1.84. The topological polar surface area (TPSA) is 105 Å².